The van der Waals surface area contributed by atoms with Gasteiger partial charge in [-0.05, 0) is 49.9 Å². The zero-order valence-corrected chi connectivity index (χ0v) is 12.4. The molecule has 19 heavy (non-hydrogen) atoms. The lowest BCUT2D eigenvalue weighted by Gasteiger charge is -2.38. The minimum absolute atomic E-state index is 0.319. The van der Waals surface area contributed by atoms with E-state index in [1.165, 1.54) is 23.1 Å². The molecule has 1 aromatic carbocycles. The number of hydrogen-bond acceptors (Lipinski definition) is 3. The van der Waals surface area contributed by atoms with Crippen LogP contribution < -0.4 is 5.73 Å². The van der Waals surface area contributed by atoms with Crippen molar-refractivity contribution < 1.29 is 4.74 Å². The van der Waals surface area contributed by atoms with Crippen LogP contribution in [0.5, 0.6) is 0 Å². The van der Waals surface area contributed by atoms with E-state index >= 15 is 0 Å². The van der Waals surface area contributed by atoms with Gasteiger partial charge < -0.3 is 10.5 Å². The van der Waals surface area contributed by atoms with Gasteiger partial charge in [0.15, 0.2) is 0 Å². The second-order valence-corrected chi connectivity index (χ2v) is 5.55. The van der Waals surface area contributed by atoms with Crippen LogP contribution in [0.25, 0.3) is 0 Å². The van der Waals surface area contributed by atoms with Crippen molar-refractivity contribution in [3.8, 4) is 0 Å². The van der Waals surface area contributed by atoms with Crippen molar-refractivity contribution in [2.24, 2.45) is 5.73 Å². The topological polar surface area (TPSA) is 38.5 Å². The maximum Gasteiger partial charge on any atom is 0.0698 e. The summed E-state index contributed by atoms with van der Waals surface area (Å²) >= 11 is 0. The summed E-state index contributed by atoms with van der Waals surface area (Å²) in [7, 11) is 1.81. The average molecular weight is 262 g/mol. The summed E-state index contributed by atoms with van der Waals surface area (Å²) in [6.45, 7) is 7.15. The zero-order valence-electron chi connectivity index (χ0n) is 12.4. The Balaban J connectivity index is 2.24. The van der Waals surface area contributed by atoms with Crippen LogP contribution in [0.4, 0.5) is 0 Å². The van der Waals surface area contributed by atoms with Crippen LogP contribution in [0.1, 0.15) is 35.6 Å². The monoisotopic (exact) mass is 262 g/mol. The van der Waals surface area contributed by atoms with Gasteiger partial charge in [0.1, 0.15) is 0 Å². The smallest absolute Gasteiger partial charge is 0.0698 e. The molecule has 2 rings (SSSR count). The van der Waals surface area contributed by atoms with Gasteiger partial charge in [0.05, 0.1) is 6.10 Å². The van der Waals surface area contributed by atoms with Gasteiger partial charge in [0.2, 0.25) is 0 Å². The minimum Gasteiger partial charge on any atom is -0.380 e. The van der Waals surface area contributed by atoms with E-state index in [0.717, 1.165) is 19.5 Å². The molecule has 106 valence electrons. The standard InChI is InChI=1S/C16H26N2O/c1-12-6-4-7-13(2)16(12)15(10-17)18-9-5-8-14(11-18)19-3/h4,6-7,14-15H,5,8-11,17H2,1-3H3. The number of rotatable bonds is 4. The molecule has 2 N–H and O–H groups in total. The number of benzene rings is 1. The lowest BCUT2D eigenvalue weighted by molar-refractivity contribution is 0.0153. The molecule has 2 unspecified atom stereocenters. The van der Waals surface area contributed by atoms with Gasteiger partial charge in [-0.15, -0.1) is 0 Å². The Kier molecular flexibility index (Phi) is 4.97. The number of nitrogens with two attached hydrogens (primary N) is 1. The highest BCUT2D eigenvalue weighted by atomic mass is 16.5. The van der Waals surface area contributed by atoms with Crippen molar-refractivity contribution in [3.63, 3.8) is 0 Å². The molecule has 1 saturated heterocycles. The number of methoxy groups -OCH3 is 1. The van der Waals surface area contributed by atoms with Gasteiger partial charge in [0.25, 0.3) is 0 Å². The van der Waals surface area contributed by atoms with Crippen molar-refractivity contribution in [1.29, 1.82) is 0 Å². The first-order valence-corrected chi connectivity index (χ1v) is 7.20. The first-order valence-electron chi connectivity index (χ1n) is 7.20. The van der Waals surface area contributed by atoms with Crippen molar-refractivity contribution in [2.75, 3.05) is 26.7 Å². The molecule has 0 spiro atoms. The Morgan fingerprint density at radius 2 is 2.05 bits per heavy atom. The van der Waals surface area contributed by atoms with E-state index in [1.807, 2.05) is 7.11 Å². The van der Waals surface area contributed by atoms with Crippen molar-refractivity contribution in [2.45, 2.75) is 38.8 Å². The zero-order chi connectivity index (χ0) is 13.8. The van der Waals surface area contributed by atoms with Crippen LogP contribution >= 0.6 is 0 Å². The Hall–Kier alpha value is -0.900. The molecule has 0 radical (unpaired) electrons. The molecule has 1 aliphatic rings. The van der Waals surface area contributed by atoms with Gasteiger partial charge in [-0.3, -0.25) is 4.90 Å². The summed E-state index contributed by atoms with van der Waals surface area (Å²) in [4.78, 5) is 2.49. The van der Waals surface area contributed by atoms with Crippen LogP contribution in [0, 0.1) is 13.8 Å². The molecule has 3 nitrogen and oxygen atoms in total. The van der Waals surface area contributed by atoms with Crippen LogP contribution in [0.3, 0.4) is 0 Å². The highest BCUT2D eigenvalue weighted by molar-refractivity contribution is 5.36. The summed E-state index contributed by atoms with van der Waals surface area (Å²) in [6, 6.07) is 6.81. The first kappa shape index (κ1) is 14.5. The number of aryl methyl sites for hydroxylation is 2. The van der Waals surface area contributed by atoms with E-state index < -0.39 is 0 Å². The Morgan fingerprint density at radius 1 is 1.37 bits per heavy atom. The largest absolute Gasteiger partial charge is 0.380 e. The maximum absolute atomic E-state index is 6.08. The number of likely N-dealkylation sites (tertiary alicyclic amines) is 1. The summed E-state index contributed by atoms with van der Waals surface area (Å²) in [5.74, 6) is 0. The maximum atomic E-state index is 6.08. The summed E-state index contributed by atoms with van der Waals surface area (Å²) in [6.07, 6.45) is 2.71. The summed E-state index contributed by atoms with van der Waals surface area (Å²) < 4.78 is 5.53. The number of ether oxygens (including phenoxy) is 1. The van der Waals surface area contributed by atoms with Crippen molar-refractivity contribution in [1.82, 2.24) is 4.90 Å². The molecule has 0 amide bonds. The predicted molar refractivity (Wildman–Crippen MR) is 79.3 cm³/mol. The van der Waals surface area contributed by atoms with Crippen molar-refractivity contribution in [3.05, 3.63) is 34.9 Å². The lowest BCUT2D eigenvalue weighted by atomic mass is 9.93. The molecule has 1 aliphatic heterocycles. The molecule has 1 aromatic rings. The summed E-state index contributed by atoms with van der Waals surface area (Å²) in [5.41, 5.74) is 10.2. The molecular formula is C16H26N2O. The minimum atomic E-state index is 0.319. The fraction of sp³-hybridized carbons (Fsp3) is 0.625. The molecular weight excluding hydrogens is 236 g/mol. The van der Waals surface area contributed by atoms with Gasteiger partial charge in [-0.1, -0.05) is 18.2 Å². The molecule has 0 aliphatic carbocycles. The Labute approximate surface area is 116 Å². The molecule has 0 aromatic heterocycles. The lowest BCUT2D eigenvalue weighted by Crippen LogP contribution is -2.44. The highest BCUT2D eigenvalue weighted by Gasteiger charge is 2.27. The van der Waals surface area contributed by atoms with E-state index in [4.69, 9.17) is 10.5 Å². The van der Waals surface area contributed by atoms with Gasteiger partial charge in [-0.2, -0.15) is 0 Å². The number of piperidine rings is 1. The summed E-state index contributed by atoms with van der Waals surface area (Å²) in [5, 5.41) is 0. The second kappa shape index (κ2) is 6.51. The molecule has 0 saturated carbocycles. The normalized spacial score (nSPS) is 22.4. The fourth-order valence-electron chi connectivity index (χ4n) is 3.24. The third-order valence-electron chi connectivity index (χ3n) is 4.28. The van der Waals surface area contributed by atoms with Gasteiger partial charge >= 0.3 is 0 Å². The number of nitrogens with zero attached hydrogens (tertiary/aromatic N) is 1. The van der Waals surface area contributed by atoms with Gasteiger partial charge in [0, 0.05) is 26.2 Å². The Bertz CT molecular complexity index is 399. The van der Waals surface area contributed by atoms with Crippen molar-refractivity contribution >= 4 is 0 Å². The molecule has 3 heteroatoms. The quantitative estimate of drug-likeness (QED) is 0.905. The molecule has 0 bridgehead atoms. The Morgan fingerprint density at radius 3 is 2.63 bits per heavy atom. The van der Waals surface area contributed by atoms with E-state index in [9.17, 15) is 0 Å². The molecule has 1 heterocycles. The third-order valence-corrected chi connectivity index (χ3v) is 4.28. The van der Waals surface area contributed by atoms with Crippen LogP contribution in [0.2, 0.25) is 0 Å². The SMILES string of the molecule is COC1CCCN(C(CN)c2c(C)cccc2C)C1. The van der Waals surface area contributed by atoms with E-state index in [1.54, 1.807) is 0 Å². The average Bonchev–Trinajstić information content (AvgIpc) is 2.43. The van der Waals surface area contributed by atoms with Crippen LogP contribution in [0.15, 0.2) is 18.2 Å². The van der Waals surface area contributed by atoms with Gasteiger partial charge in [-0.25, -0.2) is 0 Å². The first-order chi connectivity index (χ1) is 9.17. The third kappa shape index (κ3) is 3.16. The van der Waals surface area contributed by atoms with E-state index in [2.05, 4.69) is 36.9 Å². The molecule has 1 fully saturated rings. The highest BCUT2D eigenvalue weighted by Crippen LogP contribution is 2.29. The van der Waals surface area contributed by atoms with Crippen LogP contribution in [-0.4, -0.2) is 37.7 Å². The fourth-order valence-corrected chi connectivity index (χ4v) is 3.24. The second-order valence-electron chi connectivity index (χ2n) is 5.55. The van der Waals surface area contributed by atoms with E-state index in [-0.39, 0.29) is 0 Å². The predicted octanol–water partition coefficient (Wildman–Crippen LogP) is 2.41. The number of hydrogen-bond donors (Lipinski definition) is 1. The van der Waals surface area contributed by atoms with Crippen LogP contribution in [-0.2, 0) is 4.74 Å². The van der Waals surface area contributed by atoms with E-state index in [0.29, 0.717) is 18.7 Å². The molecule has 2 atom stereocenters.